The van der Waals surface area contributed by atoms with Crippen LogP contribution in [-0.4, -0.2) is 61.0 Å². The van der Waals surface area contributed by atoms with Crippen LogP contribution in [0.4, 0.5) is 0 Å². The molecule has 0 radical (unpaired) electrons. The van der Waals surface area contributed by atoms with Crippen LogP contribution < -0.4 is 5.32 Å². The lowest BCUT2D eigenvalue weighted by Gasteiger charge is -2.38. The Bertz CT molecular complexity index is 277. The van der Waals surface area contributed by atoms with Crippen molar-refractivity contribution in [3.05, 3.63) is 0 Å². The monoisotopic (exact) mass is 223 g/mol. The lowest BCUT2D eigenvalue weighted by atomic mass is 9.99. The van der Waals surface area contributed by atoms with Gasteiger partial charge >= 0.3 is 0 Å². The third kappa shape index (κ3) is 1.96. The summed E-state index contributed by atoms with van der Waals surface area (Å²) >= 11 is 0. The molecule has 3 aliphatic rings. The minimum Gasteiger partial charge on any atom is -0.337 e. The van der Waals surface area contributed by atoms with Crippen LogP contribution >= 0.6 is 0 Å². The fourth-order valence-electron chi connectivity index (χ4n) is 3.05. The quantitative estimate of drug-likeness (QED) is 0.726. The van der Waals surface area contributed by atoms with Gasteiger partial charge in [-0.25, -0.2) is 0 Å². The first-order chi connectivity index (χ1) is 7.83. The fraction of sp³-hybridized carbons (Fsp3) is 0.917. The highest BCUT2D eigenvalue weighted by atomic mass is 16.2. The molecule has 3 aliphatic heterocycles. The van der Waals surface area contributed by atoms with E-state index in [2.05, 4.69) is 15.1 Å². The van der Waals surface area contributed by atoms with Gasteiger partial charge in [-0.1, -0.05) is 0 Å². The summed E-state index contributed by atoms with van der Waals surface area (Å²) in [5.41, 5.74) is 0. The number of amides is 1. The van der Waals surface area contributed by atoms with Gasteiger partial charge in [-0.05, 0) is 38.4 Å². The molecule has 4 heteroatoms. The van der Waals surface area contributed by atoms with Crippen LogP contribution in [0.2, 0.25) is 0 Å². The molecule has 1 atom stereocenters. The third-order valence-electron chi connectivity index (χ3n) is 4.30. The molecule has 1 N–H and O–H groups in total. The average Bonchev–Trinajstić information content (AvgIpc) is 2.58. The number of nitrogens with zero attached hydrogens (tertiary/aromatic N) is 2. The Morgan fingerprint density at radius 1 is 1.31 bits per heavy atom. The Balaban J connectivity index is 1.46. The molecule has 0 spiro atoms. The summed E-state index contributed by atoms with van der Waals surface area (Å²) in [5.74, 6) is 1.29. The van der Waals surface area contributed by atoms with E-state index in [0.29, 0.717) is 11.9 Å². The highest BCUT2D eigenvalue weighted by Gasteiger charge is 2.35. The molecule has 0 saturated carbocycles. The summed E-state index contributed by atoms with van der Waals surface area (Å²) in [6, 6.07) is 0.528. The lowest BCUT2D eigenvalue weighted by Crippen LogP contribution is -2.52. The maximum Gasteiger partial charge on any atom is 0.222 e. The van der Waals surface area contributed by atoms with Gasteiger partial charge in [0.1, 0.15) is 0 Å². The van der Waals surface area contributed by atoms with Crippen molar-refractivity contribution in [1.82, 2.24) is 15.1 Å². The predicted octanol–water partition coefficient (Wildman–Crippen LogP) is -0.0975. The zero-order chi connectivity index (χ0) is 11.0. The van der Waals surface area contributed by atoms with Crippen molar-refractivity contribution in [2.75, 3.05) is 39.3 Å². The Kier molecular flexibility index (Phi) is 2.86. The number of carbonyl (C=O) groups is 1. The van der Waals surface area contributed by atoms with Crippen molar-refractivity contribution in [1.29, 1.82) is 0 Å². The Morgan fingerprint density at radius 3 is 2.94 bits per heavy atom. The number of carbonyl (C=O) groups excluding carboxylic acids is 1. The maximum atomic E-state index is 11.5. The van der Waals surface area contributed by atoms with E-state index >= 15 is 0 Å². The van der Waals surface area contributed by atoms with Crippen LogP contribution in [0.25, 0.3) is 0 Å². The molecular formula is C12H21N3O. The lowest BCUT2D eigenvalue weighted by molar-refractivity contribution is -0.130. The zero-order valence-corrected chi connectivity index (χ0v) is 9.82. The molecule has 0 aromatic rings. The molecule has 1 unspecified atom stereocenters. The van der Waals surface area contributed by atoms with Gasteiger partial charge < -0.3 is 10.2 Å². The molecule has 16 heavy (non-hydrogen) atoms. The Morgan fingerprint density at radius 2 is 2.19 bits per heavy atom. The number of fused-ring (bicyclic) bond motifs is 1. The molecular weight excluding hydrogens is 202 g/mol. The van der Waals surface area contributed by atoms with Crippen LogP contribution in [0.5, 0.6) is 0 Å². The number of nitrogens with one attached hydrogen (secondary N) is 1. The topological polar surface area (TPSA) is 35.6 Å². The molecule has 0 aromatic heterocycles. The van der Waals surface area contributed by atoms with Gasteiger partial charge in [-0.3, -0.25) is 9.69 Å². The second-order valence-corrected chi connectivity index (χ2v) is 5.39. The van der Waals surface area contributed by atoms with Crippen molar-refractivity contribution >= 4 is 5.91 Å². The average molecular weight is 223 g/mol. The van der Waals surface area contributed by atoms with Crippen molar-refractivity contribution in [3.8, 4) is 0 Å². The highest BCUT2D eigenvalue weighted by Crippen LogP contribution is 2.23. The van der Waals surface area contributed by atoms with Gasteiger partial charge in [-0.15, -0.1) is 0 Å². The van der Waals surface area contributed by atoms with Crippen LogP contribution in [0, 0.1) is 5.92 Å². The van der Waals surface area contributed by atoms with Gasteiger partial charge in [-0.2, -0.15) is 0 Å². The van der Waals surface area contributed by atoms with Gasteiger partial charge in [0, 0.05) is 32.1 Å². The molecule has 0 aliphatic carbocycles. The second kappa shape index (κ2) is 4.34. The molecule has 0 aromatic carbocycles. The highest BCUT2D eigenvalue weighted by molar-refractivity contribution is 5.78. The third-order valence-corrected chi connectivity index (χ3v) is 4.30. The van der Waals surface area contributed by atoms with Crippen molar-refractivity contribution in [2.24, 2.45) is 5.92 Å². The van der Waals surface area contributed by atoms with Crippen LogP contribution in [-0.2, 0) is 4.79 Å². The van der Waals surface area contributed by atoms with E-state index in [4.69, 9.17) is 0 Å². The maximum absolute atomic E-state index is 11.5. The SMILES string of the molecule is O=C1CCC2CN(CCC3CNC3)CCN12. The number of rotatable bonds is 3. The van der Waals surface area contributed by atoms with E-state index in [1.54, 1.807) is 0 Å². The zero-order valence-electron chi connectivity index (χ0n) is 9.82. The smallest absolute Gasteiger partial charge is 0.222 e. The Hall–Kier alpha value is -0.610. The largest absolute Gasteiger partial charge is 0.337 e. The minimum atomic E-state index is 0.382. The van der Waals surface area contributed by atoms with Crippen LogP contribution in [0.15, 0.2) is 0 Å². The summed E-state index contributed by atoms with van der Waals surface area (Å²) < 4.78 is 0. The molecule has 4 nitrogen and oxygen atoms in total. The number of hydrogen-bond acceptors (Lipinski definition) is 3. The number of hydrogen-bond donors (Lipinski definition) is 1. The minimum absolute atomic E-state index is 0.382. The van der Waals surface area contributed by atoms with E-state index in [-0.39, 0.29) is 0 Å². The van der Waals surface area contributed by atoms with E-state index < -0.39 is 0 Å². The van der Waals surface area contributed by atoms with E-state index in [0.717, 1.165) is 38.4 Å². The number of piperazine rings is 1. The Labute approximate surface area is 97.0 Å². The fourth-order valence-corrected chi connectivity index (χ4v) is 3.05. The summed E-state index contributed by atoms with van der Waals surface area (Å²) in [6.45, 7) is 6.81. The second-order valence-electron chi connectivity index (χ2n) is 5.39. The summed E-state index contributed by atoms with van der Waals surface area (Å²) in [6.07, 6.45) is 3.19. The van der Waals surface area contributed by atoms with E-state index in [1.807, 2.05) is 0 Å². The van der Waals surface area contributed by atoms with Crippen molar-refractivity contribution in [2.45, 2.75) is 25.3 Å². The van der Waals surface area contributed by atoms with E-state index in [1.165, 1.54) is 26.1 Å². The molecule has 1 amide bonds. The summed E-state index contributed by atoms with van der Waals surface area (Å²) in [4.78, 5) is 16.2. The van der Waals surface area contributed by atoms with Gasteiger partial charge in [0.05, 0.1) is 0 Å². The van der Waals surface area contributed by atoms with Gasteiger partial charge in [0.25, 0.3) is 0 Å². The predicted molar refractivity (Wildman–Crippen MR) is 62.2 cm³/mol. The van der Waals surface area contributed by atoms with E-state index in [9.17, 15) is 4.79 Å². The van der Waals surface area contributed by atoms with Crippen molar-refractivity contribution in [3.63, 3.8) is 0 Å². The molecule has 3 rings (SSSR count). The molecule has 3 heterocycles. The normalized spacial score (nSPS) is 31.6. The first-order valence-electron chi connectivity index (χ1n) is 6.55. The molecule has 0 bridgehead atoms. The first kappa shape index (κ1) is 10.5. The van der Waals surface area contributed by atoms with Crippen LogP contribution in [0.3, 0.4) is 0 Å². The first-order valence-corrected chi connectivity index (χ1v) is 6.55. The standard InChI is InChI=1S/C12H21N3O/c16-12-2-1-11-9-14(5-6-15(11)12)4-3-10-7-13-8-10/h10-11,13H,1-9H2. The van der Waals surface area contributed by atoms with Gasteiger partial charge in [0.15, 0.2) is 0 Å². The van der Waals surface area contributed by atoms with Gasteiger partial charge in [0.2, 0.25) is 5.91 Å². The summed E-state index contributed by atoms with van der Waals surface area (Å²) in [5, 5.41) is 3.32. The molecule has 90 valence electrons. The van der Waals surface area contributed by atoms with Crippen LogP contribution in [0.1, 0.15) is 19.3 Å². The summed E-state index contributed by atoms with van der Waals surface area (Å²) in [7, 11) is 0. The molecule has 3 fully saturated rings. The molecule has 3 saturated heterocycles. The van der Waals surface area contributed by atoms with Crippen molar-refractivity contribution < 1.29 is 4.79 Å².